The summed E-state index contributed by atoms with van der Waals surface area (Å²) in [6, 6.07) is 7.51. The van der Waals surface area contributed by atoms with Gasteiger partial charge in [0.25, 0.3) is 0 Å². The van der Waals surface area contributed by atoms with E-state index in [0.717, 1.165) is 19.6 Å². The summed E-state index contributed by atoms with van der Waals surface area (Å²) in [5.41, 5.74) is 4.25. The third kappa shape index (κ3) is 2.63. The minimum Gasteiger partial charge on any atom is -0.366 e. The van der Waals surface area contributed by atoms with Crippen LogP contribution < -0.4 is 10.2 Å². The van der Waals surface area contributed by atoms with Crippen molar-refractivity contribution >= 4 is 5.69 Å². The molecular formula is C15H24N2. The second-order valence-electron chi connectivity index (χ2n) is 5.45. The van der Waals surface area contributed by atoms with E-state index in [4.69, 9.17) is 0 Å². The molecule has 1 N–H and O–H groups in total. The molecule has 1 aromatic rings. The lowest BCUT2D eigenvalue weighted by atomic mass is 9.99. The van der Waals surface area contributed by atoms with Gasteiger partial charge in [0.05, 0.1) is 0 Å². The van der Waals surface area contributed by atoms with Crippen molar-refractivity contribution in [3.63, 3.8) is 0 Å². The molecule has 1 fully saturated rings. The quantitative estimate of drug-likeness (QED) is 0.843. The first-order chi connectivity index (χ1) is 8.09. The Morgan fingerprint density at radius 2 is 2.12 bits per heavy atom. The van der Waals surface area contributed by atoms with Crippen LogP contribution in [0.5, 0.6) is 0 Å². The molecule has 17 heavy (non-hydrogen) atoms. The van der Waals surface area contributed by atoms with Crippen LogP contribution in [0.15, 0.2) is 18.2 Å². The summed E-state index contributed by atoms with van der Waals surface area (Å²) in [4.78, 5) is 2.52. The summed E-state index contributed by atoms with van der Waals surface area (Å²) in [6.45, 7) is 12.3. The van der Waals surface area contributed by atoms with E-state index in [1.165, 1.54) is 16.8 Å². The highest BCUT2D eigenvalue weighted by atomic mass is 15.2. The van der Waals surface area contributed by atoms with E-state index in [1.54, 1.807) is 0 Å². The molecule has 0 unspecified atom stereocenters. The molecule has 1 atom stereocenters. The standard InChI is InChI=1S/C15H24N2/c1-11(2)14-5-6-15(12(3)9-14)17-8-7-16-10-13(17)4/h5-6,9,11,13,16H,7-8,10H2,1-4H3/t13-/m0/s1. The van der Waals surface area contributed by atoms with Gasteiger partial charge in [0.1, 0.15) is 0 Å². The molecule has 1 saturated heterocycles. The Bertz CT molecular complexity index is 385. The van der Waals surface area contributed by atoms with Gasteiger partial charge in [-0.05, 0) is 37.0 Å². The van der Waals surface area contributed by atoms with Crippen LogP contribution in [0.4, 0.5) is 5.69 Å². The summed E-state index contributed by atoms with van der Waals surface area (Å²) < 4.78 is 0. The minimum atomic E-state index is 0.590. The van der Waals surface area contributed by atoms with Crippen LogP contribution in [0.1, 0.15) is 37.8 Å². The Hall–Kier alpha value is -1.02. The van der Waals surface area contributed by atoms with Gasteiger partial charge in [-0.25, -0.2) is 0 Å². The molecule has 1 aliphatic rings. The molecule has 1 heterocycles. The molecule has 1 aliphatic heterocycles. The number of piperazine rings is 1. The first-order valence-corrected chi connectivity index (χ1v) is 6.67. The van der Waals surface area contributed by atoms with Crippen molar-refractivity contribution in [3.05, 3.63) is 29.3 Å². The molecule has 0 aliphatic carbocycles. The third-order valence-corrected chi connectivity index (χ3v) is 3.70. The van der Waals surface area contributed by atoms with Gasteiger partial charge < -0.3 is 10.2 Å². The van der Waals surface area contributed by atoms with Crippen LogP contribution in [0.2, 0.25) is 0 Å². The Morgan fingerprint density at radius 1 is 1.35 bits per heavy atom. The molecule has 0 saturated carbocycles. The molecule has 2 rings (SSSR count). The number of anilines is 1. The predicted octanol–water partition coefficient (Wildman–Crippen LogP) is 2.92. The van der Waals surface area contributed by atoms with Crippen molar-refractivity contribution in [1.29, 1.82) is 0 Å². The normalized spacial score (nSPS) is 21.0. The lowest BCUT2D eigenvalue weighted by molar-refractivity contribution is 0.500. The number of rotatable bonds is 2. The Balaban J connectivity index is 2.26. The fourth-order valence-corrected chi connectivity index (χ4v) is 2.56. The van der Waals surface area contributed by atoms with E-state index < -0.39 is 0 Å². The second kappa shape index (κ2) is 5.09. The maximum Gasteiger partial charge on any atom is 0.0399 e. The molecule has 0 spiro atoms. The average molecular weight is 232 g/mol. The van der Waals surface area contributed by atoms with Crippen molar-refractivity contribution in [2.24, 2.45) is 0 Å². The number of aryl methyl sites for hydroxylation is 1. The Morgan fingerprint density at radius 3 is 2.71 bits per heavy atom. The van der Waals surface area contributed by atoms with Crippen molar-refractivity contribution < 1.29 is 0 Å². The molecule has 94 valence electrons. The maximum absolute atomic E-state index is 3.44. The Kier molecular flexibility index (Phi) is 3.72. The van der Waals surface area contributed by atoms with E-state index in [9.17, 15) is 0 Å². The topological polar surface area (TPSA) is 15.3 Å². The lowest BCUT2D eigenvalue weighted by Gasteiger charge is -2.37. The monoisotopic (exact) mass is 232 g/mol. The van der Waals surface area contributed by atoms with E-state index in [-0.39, 0.29) is 0 Å². The molecule has 0 aromatic heterocycles. The van der Waals surface area contributed by atoms with Gasteiger partial charge in [-0.2, -0.15) is 0 Å². The number of nitrogens with zero attached hydrogens (tertiary/aromatic N) is 1. The second-order valence-corrected chi connectivity index (χ2v) is 5.45. The third-order valence-electron chi connectivity index (χ3n) is 3.70. The zero-order valence-electron chi connectivity index (χ0n) is 11.5. The molecule has 0 radical (unpaired) electrons. The lowest BCUT2D eigenvalue weighted by Crippen LogP contribution is -2.50. The summed E-state index contributed by atoms with van der Waals surface area (Å²) >= 11 is 0. The zero-order valence-corrected chi connectivity index (χ0v) is 11.5. The first kappa shape index (κ1) is 12.4. The summed E-state index contributed by atoms with van der Waals surface area (Å²) in [5.74, 6) is 0.614. The van der Waals surface area contributed by atoms with Crippen molar-refractivity contribution in [2.75, 3.05) is 24.5 Å². The average Bonchev–Trinajstić information content (AvgIpc) is 2.30. The van der Waals surface area contributed by atoms with Crippen LogP contribution in [0, 0.1) is 6.92 Å². The molecule has 0 bridgehead atoms. The van der Waals surface area contributed by atoms with Crippen LogP contribution >= 0.6 is 0 Å². The van der Waals surface area contributed by atoms with E-state index >= 15 is 0 Å². The number of nitrogens with one attached hydrogen (secondary N) is 1. The fraction of sp³-hybridized carbons (Fsp3) is 0.600. The van der Waals surface area contributed by atoms with Crippen molar-refractivity contribution in [2.45, 2.75) is 39.7 Å². The van der Waals surface area contributed by atoms with Gasteiger partial charge in [0, 0.05) is 31.4 Å². The Labute approximate surface area is 105 Å². The minimum absolute atomic E-state index is 0.590. The maximum atomic E-state index is 3.44. The predicted molar refractivity (Wildman–Crippen MR) is 74.9 cm³/mol. The highest BCUT2D eigenvalue weighted by Crippen LogP contribution is 2.26. The summed E-state index contributed by atoms with van der Waals surface area (Å²) in [7, 11) is 0. The molecule has 1 aromatic carbocycles. The van der Waals surface area contributed by atoms with E-state index in [2.05, 4.69) is 56.1 Å². The molecule has 2 nitrogen and oxygen atoms in total. The molecule has 0 amide bonds. The smallest absolute Gasteiger partial charge is 0.0399 e. The van der Waals surface area contributed by atoms with Gasteiger partial charge in [-0.15, -0.1) is 0 Å². The summed E-state index contributed by atoms with van der Waals surface area (Å²) in [5, 5.41) is 3.44. The highest BCUT2D eigenvalue weighted by molar-refractivity contribution is 5.56. The van der Waals surface area contributed by atoms with E-state index in [0.29, 0.717) is 12.0 Å². The SMILES string of the molecule is Cc1cc(C(C)C)ccc1N1CCNC[C@@H]1C. The first-order valence-electron chi connectivity index (χ1n) is 6.67. The van der Waals surface area contributed by atoms with Gasteiger partial charge in [0.15, 0.2) is 0 Å². The van der Waals surface area contributed by atoms with Gasteiger partial charge in [-0.1, -0.05) is 26.0 Å². The van der Waals surface area contributed by atoms with Crippen LogP contribution in [0.25, 0.3) is 0 Å². The van der Waals surface area contributed by atoms with Crippen LogP contribution in [0.3, 0.4) is 0 Å². The van der Waals surface area contributed by atoms with Crippen molar-refractivity contribution in [3.8, 4) is 0 Å². The number of benzene rings is 1. The van der Waals surface area contributed by atoms with Crippen LogP contribution in [-0.4, -0.2) is 25.7 Å². The fourth-order valence-electron chi connectivity index (χ4n) is 2.56. The van der Waals surface area contributed by atoms with Crippen LogP contribution in [-0.2, 0) is 0 Å². The van der Waals surface area contributed by atoms with Crippen molar-refractivity contribution in [1.82, 2.24) is 5.32 Å². The zero-order chi connectivity index (χ0) is 12.4. The van der Waals surface area contributed by atoms with Gasteiger partial charge >= 0.3 is 0 Å². The van der Waals surface area contributed by atoms with Gasteiger partial charge in [-0.3, -0.25) is 0 Å². The van der Waals surface area contributed by atoms with E-state index in [1.807, 2.05) is 0 Å². The largest absolute Gasteiger partial charge is 0.366 e. The molecular weight excluding hydrogens is 208 g/mol. The highest BCUT2D eigenvalue weighted by Gasteiger charge is 2.19. The van der Waals surface area contributed by atoms with Gasteiger partial charge in [0.2, 0.25) is 0 Å². The number of hydrogen-bond acceptors (Lipinski definition) is 2. The summed E-state index contributed by atoms with van der Waals surface area (Å²) in [6.07, 6.45) is 0. The number of hydrogen-bond donors (Lipinski definition) is 1. The molecule has 2 heteroatoms.